The van der Waals surface area contributed by atoms with Gasteiger partial charge in [0.25, 0.3) is 8.32 Å². The van der Waals surface area contributed by atoms with Crippen LogP contribution in [-0.4, -0.2) is 27.0 Å². The first-order valence-corrected chi connectivity index (χ1v) is 13.3. The third-order valence-electron chi connectivity index (χ3n) is 5.81. The van der Waals surface area contributed by atoms with E-state index in [0.29, 0.717) is 19.4 Å². The van der Waals surface area contributed by atoms with E-state index in [2.05, 4.69) is 81.4 Å². The van der Waals surface area contributed by atoms with Gasteiger partial charge in [-0.1, -0.05) is 102 Å². The van der Waals surface area contributed by atoms with E-state index in [1.807, 2.05) is 13.8 Å². The lowest BCUT2D eigenvalue weighted by atomic mass is 9.88. The third kappa shape index (κ3) is 6.72. The molecule has 2 aromatic rings. The van der Waals surface area contributed by atoms with Gasteiger partial charge in [-0.2, -0.15) is 0 Å². The zero-order chi connectivity index (χ0) is 23.0. The van der Waals surface area contributed by atoms with Crippen LogP contribution in [0.5, 0.6) is 0 Å². The Labute approximate surface area is 189 Å². The van der Waals surface area contributed by atoms with Crippen LogP contribution in [0.2, 0.25) is 5.04 Å². The van der Waals surface area contributed by atoms with Crippen LogP contribution < -0.4 is 10.4 Å². The summed E-state index contributed by atoms with van der Waals surface area (Å²) < 4.78 is 6.88. The van der Waals surface area contributed by atoms with E-state index in [1.54, 1.807) is 0 Å². The second-order valence-corrected chi connectivity index (χ2v) is 14.4. The minimum atomic E-state index is -2.47. The Hall–Kier alpha value is -2.04. The quantitative estimate of drug-likeness (QED) is 0.256. The van der Waals surface area contributed by atoms with Crippen molar-refractivity contribution in [1.82, 2.24) is 0 Å². The van der Waals surface area contributed by atoms with E-state index < -0.39 is 13.7 Å². The van der Waals surface area contributed by atoms with Crippen LogP contribution in [0.25, 0.3) is 0 Å². The molecule has 2 aromatic carbocycles. The summed E-state index contributed by atoms with van der Waals surface area (Å²) in [7, 11) is -2.47. The summed E-state index contributed by atoms with van der Waals surface area (Å²) in [5.41, 5.74) is -0.552. The largest absolute Gasteiger partial charge is 0.407 e. The molecule has 0 bridgehead atoms. The minimum Gasteiger partial charge on any atom is -0.407 e. The highest BCUT2D eigenvalue weighted by atomic mass is 28.4. The van der Waals surface area contributed by atoms with Crippen LogP contribution in [0.4, 0.5) is 0 Å². The molecule has 0 unspecified atom stereocenters. The topological polar surface area (TPSA) is 43.4 Å². The van der Waals surface area contributed by atoms with Gasteiger partial charge in [-0.15, -0.1) is 0 Å². The van der Waals surface area contributed by atoms with E-state index in [9.17, 15) is 9.59 Å². The van der Waals surface area contributed by atoms with E-state index >= 15 is 0 Å². The van der Waals surface area contributed by atoms with Crippen LogP contribution in [0, 0.1) is 5.41 Å². The van der Waals surface area contributed by atoms with Gasteiger partial charge in [0.15, 0.2) is 0 Å². The number of hydrogen-bond acceptors (Lipinski definition) is 3. The number of aldehydes is 1. The summed E-state index contributed by atoms with van der Waals surface area (Å²) in [5.74, 6) is 0.171. The fourth-order valence-electron chi connectivity index (χ4n) is 4.23. The Morgan fingerprint density at radius 3 is 1.81 bits per heavy atom. The summed E-state index contributed by atoms with van der Waals surface area (Å²) in [4.78, 5) is 23.1. The minimum absolute atomic E-state index is 0.0217. The molecular formula is C27H38O3Si. The second-order valence-electron chi connectivity index (χ2n) is 10.1. The predicted molar refractivity (Wildman–Crippen MR) is 132 cm³/mol. The molecule has 0 spiro atoms. The predicted octanol–water partition coefficient (Wildman–Crippen LogP) is 5.31. The molecule has 0 saturated carbocycles. The van der Waals surface area contributed by atoms with Crippen molar-refractivity contribution in [3.8, 4) is 0 Å². The molecule has 0 saturated heterocycles. The summed E-state index contributed by atoms with van der Waals surface area (Å²) in [6, 6.07) is 21.3. The van der Waals surface area contributed by atoms with Gasteiger partial charge in [-0.3, -0.25) is 4.79 Å². The second kappa shape index (κ2) is 11.0. The number of rotatable bonds is 12. The van der Waals surface area contributed by atoms with E-state index in [4.69, 9.17) is 4.43 Å². The van der Waals surface area contributed by atoms with Gasteiger partial charge < -0.3 is 9.22 Å². The van der Waals surface area contributed by atoms with Crippen molar-refractivity contribution in [3.63, 3.8) is 0 Å². The highest BCUT2D eigenvalue weighted by Gasteiger charge is 2.49. The van der Waals surface area contributed by atoms with Crippen molar-refractivity contribution < 1.29 is 14.0 Å². The first-order chi connectivity index (χ1) is 14.6. The molecule has 168 valence electrons. The van der Waals surface area contributed by atoms with Crippen LogP contribution in [0.15, 0.2) is 60.7 Å². The zero-order valence-corrected chi connectivity index (χ0v) is 20.8. The zero-order valence-electron chi connectivity index (χ0n) is 19.8. The normalized spacial score (nSPS) is 12.5. The van der Waals surface area contributed by atoms with Crippen LogP contribution >= 0.6 is 0 Å². The summed E-state index contributed by atoms with van der Waals surface area (Å²) >= 11 is 0. The first kappa shape index (κ1) is 25.2. The van der Waals surface area contributed by atoms with Crippen LogP contribution in [0.1, 0.15) is 66.7 Å². The fourth-order valence-corrected chi connectivity index (χ4v) is 8.83. The van der Waals surface area contributed by atoms with Gasteiger partial charge in [0.1, 0.15) is 12.1 Å². The number of benzene rings is 2. The number of hydrogen-bond donors (Lipinski definition) is 0. The van der Waals surface area contributed by atoms with Gasteiger partial charge in [0.05, 0.1) is 0 Å². The van der Waals surface area contributed by atoms with E-state index in [1.165, 1.54) is 10.4 Å². The molecule has 2 rings (SSSR count). The maximum Gasteiger partial charge on any atom is 0.261 e. The van der Waals surface area contributed by atoms with Crippen molar-refractivity contribution in [2.45, 2.75) is 71.8 Å². The SMILES string of the molecule is CC(C)(C=O)CC(=O)CCCCCO[Si](c1ccccc1)(c1ccccc1)C(C)(C)C. The van der Waals surface area contributed by atoms with Crippen molar-refractivity contribution >= 4 is 30.8 Å². The van der Waals surface area contributed by atoms with Gasteiger partial charge in [-0.05, 0) is 28.3 Å². The molecule has 0 amide bonds. The summed E-state index contributed by atoms with van der Waals surface area (Å²) in [6.07, 6.45) is 4.46. The Bertz CT molecular complexity index is 783. The molecule has 0 radical (unpaired) electrons. The van der Waals surface area contributed by atoms with Crippen molar-refractivity contribution in [2.75, 3.05) is 6.61 Å². The molecule has 0 atom stereocenters. The van der Waals surface area contributed by atoms with Crippen molar-refractivity contribution in [1.29, 1.82) is 0 Å². The molecule has 0 fully saturated rings. The molecule has 0 aliphatic carbocycles. The van der Waals surface area contributed by atoms with E-state index in [0.717, 1.165) is 25.5 Å². The highest BCUT2D eigenvalue weighted by Crippen LogP contribution is 2.36. The summed E-state index contributed by atoms with van der Waals surface area (Å²) in [5, 5.41) is 2.56. The molecule has 0 aliphatic heterocycles. The van der Waals surface area contributed by atoms with Crippen molar-refractivity contribution in [2.24, 2.45) is 5.41 Å². The molecule has 0 aliphatic rings. The maximum absolute atomic E-state index is 12.1. The smallest absolute Gasteiger partial charge is 0.261 e. The average molecular weight is 439 g/mol. The first-order valence-electron chi connectivity index (χ1n) is 11.4. The lowest BCUT2D eigenvalue weighted by Gasteiger charge is -2.43. The Balaban J connectivity index is 2.05. The lowest BCUT2D eigenvalue weighted by Crippen LogP contribution is -2.66. The molecule has 3 nitrogen and oxygen atoms in total. The number of Topliss-reactive ketones (excluding diaryl/α,β-unsaturated/α-hetero) is 1. The average Bonchev–Trinajstić information content (AvgIpc) is 2.73. The number of carbonyl (C=O) groups excluding carboxylic acids is 2. The molecule has 4 heteroatoms. The van der Waals surface area contributed by atoms with Crippen LogP contribution in [0.3, 0.4) is 0 Å². The number of ketones is 1. The van der Waals surface area contributed by atoms with Gasteiger partial charge in [-0.25, -0.2) is 0 Å². The number of unbranched alkanes of at least 4 members (excludes halogenated alkanes) is 2. The van der Waals surface area contributed by atoms with Crippen LogP contribution in [-0.2, 0) is 14.0 Å². The van der Waals surface area contributed by atoms with E-state index in [-0.39, 0.29) is 10.8 Å². The molecule has 0 N–H and O–H groups in total. The maximum atomic E-state index is 12.1. The van der Waals surface area contributed by atoms with Gasteiger partial charge >= 0.3 is 0 Å². The Kier molecular flexibility index (Phi) is 8.96. The van der Waals surface area contributed by atoms with Crippen molar-refractivity contribution in [3.05, 3.63) is 60.7 Å². The lowest BCUT2D eigenvalue weighted by molar-refractivity contribution is -0.125. The Morgan fingerprint density at radius 1 is 0.839 bits per heavy atom. The Morgan fingerprint density at radius 2 is 1.35 bits per heavy atom. The monoisotopic (exact) mass is 438 g/mol. The molecular weight excluding hydrogens is 400 g/mol. The fraction of sp³-hybridized carbons (Fsp3) is 0.481. The van der Waals surface area contributed by atoms with Gasteiger partial charge in [0.2, 0.25) is 0 Å². The molecule has 0 heterocycles. The highest BCUT2D eigenvalue weighted by molar-refractivity contribution is 6.99. The standard InChI is InChI=1S/C27H38O3Si/c1-26(2,3)31(24-16-10-6-11-17-24,25-18-12-7-13-19-25)30-20-14-8-9-15-23(29)21-27(4,5)22-28/h6-7,10-13,16-19,22H,8-9,14-15,20-21H2,1-5H3. The molecule has 31 heavy (non-hydrogen) atoms. The van der Waals surface area contributed by atoms with Gasteiger partial charge in [0, 0.05) is 24.9 Å². The third-order valence-corrected chi connectivity index (χ3v) is 10.8. The number of carbonyl (C=O) groups is 2. The summed E-state index contributed by atoms with van der Waals surface area (Å²) in [6.45, 7) is 11.2. The molecule has 0 aromatic heterocycles.